The van der Waals surface area contributed by atoms with E-state index in [1.165, 1.54) is 3.57 Å². The van der Waals surface area contributed by atoms with Gasteiger partial charge in [0.2, 0.25) is 5.91 Å². The Kier molecular flexibility index (Phi) is 7.06. The summed E-state index contributed by atoms with van der Waals surface area (Å²) in [6, 6.07) is 5.98. The zero-order valence-corrected chi connectivity index (χ0v) is 13.7. The Morgan fingerprint density at radius 3 is 3.00 bits per heavy atom. The lowest BCUT2D eigenvalue weighted by Crippen LogP contribution is -2.40. The number of anilines is 1. The molecule has 1 saturated heterocycles. The Bertz CT molecular complexity index is 437. The molecule has 2 rings (SSSR count). The van der Waals surface area contributed by atoms with E-state index in [1.807, 2.05) is 19.1 Å². The van der Waals surface area contributed by atoms with E-state index in [1.54, 1.807) is 0 Å². The minimum Gasteiger partial charge on any atom is -0.375 e. The van der Waals surface area contributed by atoms with Gasteiger partial charge in [0.1, 0.15) is 0 Å². The van der Waals surface area contributed by atoms with Crippen LogP contribution in [0.5, 0.6) is 0 Å². The molecule has 1 atom stereocenters. The standard InChI is InChI=1S/C13H17IN2O2.ClH/c1-9-6-10(14)2-3-12(9)16-13(17)7-11-8-15-4-5-18-11;/h2-3,6,11,15H,4-5,7-8H2,1H3,(H,16,17);1H. The van der Waals surface area contributed by atoms with Crippen molar-refractivity contribution in [2.45, 2.75) is 19.4 Å². The molecule has 19 heavy (non-hydrogen) atoms. The van der Waals surface area contributed by atoms with Crippen LogP contribution in [0.25, 0.3) is 0 Å². The number of hydrogen-bond acceptors (Lipinski definition) is 3. The Balaban J connectivity index is 0.00000180. The summed E-state index contributed by atoms with van der Waals surface area (Å²) in [4.78, 5) is 11.9. The number of rotatable bonds is 3. The maximum atomic E-state index is 11.9. The highest BCUT2D eigenvalue weighted by Gasteiger charge is 2.17. The van der Waals surface area contributed by atoms with E-state index in [-0.39, 0.29) is 24.4 Å². The first-order valence-corrected chi connectivity index (χ1v) is 7.11. The Morgan fingerprint density at radius 1 is 1.58 bits per heavy atom. The molecule has 106 valence electrons. The molecular weight excluding hydrogens is 379 g/mol. The van der Waals surface area contributed by atoms with Crippen molar-refractivity contribution >= 4 is 46.6 Å². The second kappa shape index (κ2) is 8.04. The van der Waals surface area contributed by atoms with Crippen LogP contribution >= 0.6 is 35.0 Å². The normalized spacial score (nSPS) is 18.5. The monoisotopic (exact) mass is 396 g/mol. The second-order valence-corrected chi connectivity index (χ2v) is 5.65. The molecule has 1 aromatic carbocycles. The molecule has 0 aromatic heterocycles. The zero-order valence-electron chi connectivity index (χ0n) is 10.7. The summed E-state index contributed by atoms with van der Waals surface area (Å²) in [6.07, 6.45) is 0.390. The van der Waals surface area contributed by atoms with Gasteiger partial charge in [-0.05, 0) is 53.3 Å². The molecule has 0 radical (unpaired) electrons. The molecule has 0 bridgehead atoms. The van der Waals surface area contributed by atoms with Gasteiger partial charge in [0.15, 0.2) is 0 Å². The topological polar surface area (TPSA) is 50.4 Å². The molecule has 6 heteroatoms. The number of nitrogens with one attached hydrogen (secondary N) is 2. The first-order chi connectivity index (χ1) is 8.65. The van der Waals surface area contributed by atoms with E-state index in [4.69, 9.17) is 4.74 Å². The van der Waals surface area contributed by atoms with Gasteiger partial charge in [0.05, 0.1) is 19.1 Å². The summed E-state index contributed by atoms with van der Waals surface area (Å²) in [6.45, 7) is 4.30. The highest BCUT2D eigenvalue weighted by Crippen LogP contribution is 2.18. The van der Waals surface area contributed by atoms with Crippen LogP contribution in [0.4, 0.5) is 5.69 Å². The van der Waals surface area contributed by atoms with Crippen molar-refractivity contribution in [3.05, 3.63) is 27.3 Å². The van der Waals surface area contributed by atoms with Gasteiger partial charge in [0.25, 0.3) is 0 Å². The molecule has 0 aliphatic carbocycles. The Labute approximate surface area is 133 Å². The Hall–Kier alpha value is -0.370. The third-order valence-electron chi connectivity index (χ3n) is 2.88. The average molecular weight is 397 g/mol. The van der Waals surface area contributed by atoms with Gasteiger partial charge < -0.3 is 15.4 Å². The number of amides is 1. The van der Waals surface area contributed by atoms with Crippen LogP contribution in [-0.2, 0) is 9.53 Å². The first kappa shape index (κ1) is 16.7. The minimum atomic E-state index is -0.0112. The first-order valence-electron chi connectivity index (χ1n) is 6.03. The quantitative estimate of drug-likeness (QED) is 0.771. The van der Waals surface area contributed by atoms with E-state index in [9.17, 15) is 4.79 Å². The van der Waals surface area contributed by atoms with E-state index in [0.717, 1.165) is 24.3 Å². The van der Waals surface area contributed by atoms with Crippen molar-refractivity contribution in [2.75, 3.05) is 25.0 Å². The number of aryl methyl sites for hydroxylation is 1. The summed E-state index contributed by atoms with van der Waals surface area (Å²) in [5.41, 5.74) is 1.96. The summed E-state index contributed by atoms with van der Waals surface area (Å²) in [7, 11) is 0. The largest absolute Gasteiger partial charge is 0.375 e. The lowest BCUT2D eigenvalue weighted by Gasteiger charge is -2.23. The number of morpholine rings is 1. The van der Waals surface area contributed by atoms with Crippen LogP contribution < -0.4 is 10.6 Å². The smallest absolute Gasteiger partial charge is 0.227 e. The van der Waals surface area contributed by atoms with Crippen LogP contribution in [0.3, 0.4) is 0 Å². The Morgan fingerprint density at radius 2 is 2.37 bits per heavy atom. The summed E-state index contributed by atoms with van der Waals surface area (Å²) in [5.74, 6) is 0.00741. The molecule has 1 aliphatic rings. The van der Waals surface area contributed by atoms with Crippen LogP contribution in [0, 0.1) is 10.5 Å². The van der Waals surface area contributed by atoms with Gasteiger partial charge in [-0.15, -0.1) is 12.4 Å². The average Bonchev–Trinajstić information content (AvgIpc) is 2.34. The van der Waals surface area contributed by atoms with Crippen LogP contribution in [0.1, 0.15) is 12.0 Å². The molecule has 4 nitrogen and oxygen atoms in total. The molecule has 1 aliphatic heterocycles. The molecular formula is C13H18ClIN2O2. The molecule has 0 spiro atoms. The molecule has 1 amide bonds. The lowest BCUT2D eigenvalue weighted by molar-refractivity contribution is -0.119. The number of carbonyl (C=O) groups is 1. The zero-order chi connectivity index (χ0) is 13.0. The SMILES string of the molecule is Cc1cc(I)ccc1NC(=O)CC1CNCCO1.Cl. The molecule has 2 N–H and O–H groups in total. The van der Waals surface area contributed by atoms with Gasteiger partial charge in [-0.1, -0.05) is 0 Å². The molecule has 1 fully saturated rings. The van der Waals surface area contributed by atoms with Gasteiger partial charge in [-0.2, -0.15) is 0 Å². The number of ether oxygens (including phenoxy) is 1. The van der Waals surface area contributed by atoms with E-state index < -0.39 is 0 Å². The maximum Gasteiger partial charge on any atom is 0.227 e. The molecule has 0 saturated carbocycles. The minimum absolute atomic E-state index is 0. The van der Waals surface area contributed by atoms with Crippen molar-refractivity contribution in [3.8, 4) is 0 Å². The summed E-state index contributed by atoms with van der Waals surface area (Å²) >= 11 is 2.26. The highest BCUT2D eigenvalue weighted by atomic mass is 127. The summed E-state index contributed by atoms with van der Waals surface area (Å²) in [5, 5.41) is 6.15. The van der Waals surface area contributed by atoms with E-state index in [2.05, 4.69) is 39.3 Å². The van der Waals surface area contributed by atoms with Crippen LogP contribution in [0.15, 0.2) is 18.2 Å². The van der Waals surface area contributed by atoms with Gasteiger partial charge in [-0.25, -0.2) is 0 Å². The number of halogens is 2. The third kappa shape index (κ3) is 5.25. The predicted octanol–water partition coefficient (Wildman–Crippen LogP) is 2.34. The van der Waals surface area contributed by atoms with Crippen molar-refractivity contribution in [2.24, 2.45) is 0 Å². The van der Waals surface area contributed by atoms with Crippen molar-refractivity contribution in [1.82, 2.24) is 5.32 Å². The van der Waals surface area contributed by atoms with Crippen molar-refractivity contribution < 1.29 is 9.53 Å². The van der Waals surface area contributed by atoms with E-state index in [0.29, 0.717) is 13.0 Å². The van der Waals surface area contributed by atoms with E-state index >= 15 is 0 Å². The lowest BCUT2D eigenvalue weighted by atomic mass is 10.1. The maximum absolute atomic E-state index is 11.9. The highest BCUT2D eigenvalue weighted by molar-refractivity contribution is 14.1. The fourth-order valence-electron chi connectivity index (χ4n) is 1.93. The summed E-state index contributed by atoms with van der Waals surface area (Å²) < 4.78 is 6.68. The molecule has 1 heterocycles. The third-order valence-corrected chi connectivity index (χ3v) is 3.55. The van der Waals surface area contributed by atoms with Gasteiger partial charge in [-0.3, -0.25) is 4.79 Å². The second-order valence-electron chi connectivity index (χ2n) is 4.41. The number of carbonyl (C=O) groups excluding carboxylic acids is 1. The van der Waals surface area contributed by atoms with Crippen LogP contribution in [0.2, 0.25) is 0 Å². The van der Waals surface area contributed by atoms with Crippen molar-refractivity contribution in [3.63, 3.8) is 0 Å². The molecule has 1 aromatic rings. The van der Waals surface area contributed by atoms with Crippen molar-refractivity contribution in [1.29, 1.82) is 0 Å². The molecule has 1 unspecified atom stereocenters. The predicted molar refractivity (Wildman–Crippen MR) is 87.0 cm³/mol. The fourth-order valence-corrected chi connectivity index (χ4v) is 2.57. The van der Waals surface area contributed by atoms with Gasteiger partial charge in [0, 0.05) is 22.3 Å². The van der Waals surface area contributed by atoms with Crippen LogP contribution in [-0.4, -0.2) is 31.7 Å². The fraction of sp³-hybridized carbons (Fsp3) is 0.462. The number of hydrogen-bond donors (Lipinski definition) is 2. The number of benzene rings is 1. The van der Waals surface area contributed by atoms with Gasteiger partial charge >= 0.3 is 0 Å².